The standard InChI is InChI=1S/C20H24F3N5O2/c21-20(22,23)16-6-1-2-7-18(16)28-14-17(24-25-28)19(29)27-9-4-8-26(10-11-27)13-15-5-3-12-30-15/h1-2,6-7,14-15H,3-5,8-13H2. The molecule has 0 bridgehead atoms. The minimum absolute atomic E-state index is 0.0413. The van der Waals surface area contributed by atoms with Crippen LogP contribution in [-0.4, -0.2) is 76.1 Å². The summed E-state index contributed by atoms with van der Waals surface area (Å²) in [5.41, 5.74) is -0.942. The number of hydrogen-bond donors (Lipinski definition) is 0. The molecular formula is C20H24F3N5O2. The van der Waals surface area contributed by atoms with Gasteiger partial charge < -0.3 is 9.64 Å². The van der Waals surface area contributed by atoms with E-state index in [2.05, 4.69) is 15.2 Å². The molecule has 1 aromatic carbocycles. The Labute approximate surface area is 172 Å². The Morgan fingerprint density at radius 3 is 2.73 bits per heavy atom. The van der Waals surface area contributed by atoms with Crippen molar-refractivity contribution in [1.29, 1.82) is 0 Å². The number of amides is 1. The monoisotopic (exact) mass is 423 g/mol. The second-order valence-electron chi connectivity index (χ2n) is 7.64. The summed E-state index contributed by atoms with van der Waals surface area (Å²) in [6.07, 6.45) is -0.00583. The van der Waals surface area contributed by atoms with Crippen LogP contribution in [0.4, 0.5) is 13.2 Å². The normalized spacial score (nSPS) is 21.0. The van der Waals surface area contributed by atoms with E-state index in [0.717, 1.165) is 56.3 Å². The Hall–Kier alpha value is -2.46. The molecule has 1 amide bonds. The molecule has 2 aliphatic heterocycles. The van der Waals surface area contributed by atoms with Gasteiger partial charge in [-0.1, -0.05) is 17.3 Å². The van der Waals surface area contributed by atoms with E-state index in [-0.39, 0.29) is 23.4 Å². The van der Waals surface area contributed by atoms with E-state index in [1.807, 2.05) is 0 Å². The molecule has 3 heterocycles. The molecule has 10 heteroatoms. The zero-order chi connectivity index (χ0) is 21.1. The fourth-order valence-electron chi connectivity index (χ4n) is 3.99. The van der Waals surface area contributed by atoms with Crippen molar-refractivity contribution in [3.05, 3.63) is 41.7 Å². The minimum atomic E-state index is -4.52. The fraction of sp³-hybridized carbons (Fsp3) is 0.550. The van der Waals surface area contributed by atoms with Gasteiger partial charge in [0, 0.05) is 32.8 Å². The molecule has 1 unspecified atom stereocenters. The number of rotatable bonds is 4. The average Bonchev–Trinajstić information content (AvgIpc) is 3.36. The Bertz CT molecular complexity index is 879. The van der Waals surface area contributed by atoms with Crippen LogP contribution in [0.2, 0.25) is 0 Å². The first-order valence-electron chi connectivity index (χ1n) is 10.1. The summed E-state index contributed by atoms with van der Waals surface area (Å²) in [5.74, 6) is -0.315. The molecule has 30 heavy (non-hydrogen) atoms. The number of alkyl halides is 3. The zero-order valence-electron chi connectivity index (χ0n) is 16.5. The van der Waals surface area contributed by atoms with Gasteiger partial charge in [-0.05, 0) is 37.9 Å². The van der Waals surface area contributed by atoms with Crippen LogP contribution in [0.25, 0.3) is 5.69 Å². The summed E-state index contributed by atoms with van der Waals surface area (Å²) in [6, 6.07) is 5.09. The topological polar surface area (TPSA) is 63.5 Å². The molecular weight excluding hydrogens is 399 g/mol. The molecule has 1 atom stereocenters. The molecule has 2 fully saturated rings. The van der Waals surface area contributed by atoms with Crippen molar-refractivity contribution in [2.24, 2.45) is 0 Å². The second-order valence-corrected chi connectivity index (χ2v) is 7.64. The molecule has 0 saturated carbocycles. The van der Waals surface area contributed by atoms with Crippen LogP contribution < -0.4 is 0 Å². The summed E-state index contributed by atoms with van der Waals surface area (Å²) >= 11 is 0. The van der Waals surface area contributed by atoms with Gasteiger partial charge in [0.15, 0.2) is 5.69 Å². The molecule has 162 valence electrons. The number of halogens is 3. The zero-order valence-corrected chi connectivity index (χ0v) is 16.5. The third-order valence-electron chi connectivity index (χ3n) is 5.53. The maximum Gasteiger partial charge on any atom is 0.418 e. The van der Waals surface area contributed by atoms with Gasteiger partial charge in [0.05, 0.1) is 23.6 Å². The van der Waals surface area contributed by atoms with Gasteiger partial charge in [-0.3, -0.25) is 9.69 Å². The van der Waals surface area contributed by atoms with E-state index in [4.69, 9.17) is 4.74 Å². The van der Waals surface area contributed by atoms with Gasteiger partial charge in [0.2, 0.25) is 0 Å². The smallest absolute Gasteiger partial charge is 0.377 e. The number of hydrogen-bond acceptors (Lipinski definition) is 5. The minimum Gasteiger partial charge on any atom is -0.377 e. The first-order valence-corrected chi connectivity index (χ1v) is 10.1. The molecule has 4 rings (SSSR count). The summed E-state index contributed by atoms with van der Waals surface area (Å²) in [4.78, 5) is 16.9. The Balaban J connectivity index is 1.43. The molecule has 0 spiro atoms. The molecule has 0 radical (unpaired) electrons. The molecule has 2 saturated heterocycles. The van der Waals surface area contributed by atoms with Crippen molar-refractivity contribution in [1.82, 2.24) is 24.8 Å². The highest BCUT2D eigenvalue weighted by Gasteiger charge is 2.34. The number of aromatic nitrogens is 3. The maximum absolute atomic E-state index is 13.3. The molecule has 1 aromatic heterocycles. The van der Waals surface area contributed by atoms with Crippen LogP contribution in [0.3, 0.4) is 0 Å². The number of nitrogens with zero attached hydrogens (tertiary/aromatic N) is 5. The average molecular weight is 423 g/mol. The van der Waals surface area contributed by atoms with Gasteiger partial charge >= 0.3 is 6.18 Å². The number of carbonyl (C=O) groups is 1. The lowest BCUT2D eigenvalue weighted by molar-refractivity contribution is -0.137. The van der Waals surface area contributed by atoms with E-state index in [0.29, 0.717) is 13.1 Å². The van der Waals surface area contributed by atoms with Gasteiger partial charge in [-0.2, -0.15) is 13.2 Å². The highest BCUT2D eigenvalue weighted by molar-refractivity contribution is 5.92. The van der Waals surface area contributed by atoms with E-state index >= 15 is 0 Å². The van der Waals surface area contributed by atoms with Crippen LogP contribution in [0.1, 0.15) is 35.3 Å². The van der Waals surface area contributed by atoms with Crippen LogP contribution >= 0.6 is 0 Å². The van der Waals surface area contributed by atoms with Crippen molar-refractivity contribution in [2.45, 2.75) is 31.5 Å². The SMILES string of the molecule is O=C(c1cn(-c2ccccc2C(F)(F)F)nn1)N1CCCN(CC2CCCO2)CC1. The number of para-hydroxylation sites is 1. The van der Waals surface area contributed by atoms with Crippen molar-refractivity contribution in [2.75, 3.05) is 39.3 Å². The highest BCUT2D eigenvalue weighted by atomic mass is 19.4. The first kappa shape index (κ1) is 20.8. The van der Waals surface area contributed by atoms with Gasteiger partial charge in [0.25, 0.3) is 5.91 Å². The highest BCUT2D eigenvalue weighted by Crippen LogP contribution is 2.33. The predicted molar refractivity (Wildman–Crippen MR) is 102 cm³/mol. The molecule has 7 nitrogen and oxygen atoms in total. The lowest BCUT2D eigenvalue weighted by atomic mass is 10.1. The first-order chi connectivity index (χ1) is 14.4. The van der Waals surface area contributed by atoms with E-state index in [1.165, 1.54) is 24.4 Å². The van der Waals surface area contributed by atoms with Crippen LogP contribution in [0.5, 0.6) is 0 Å². The molecule has 0 N–H and O–H groups in total. The van der Waals surface area contributed by atoms with Crippen LogP contribution in [0, 0.1) is 0 Å². The number of benzene rings is 1. The van der Waals surface area contributed by atoms with E-state index in [1.54, 1.807) is 4.90 Å². The summed E-state index contributed by atoms with van der Waals surface area (Å²) in [7, 11) is 0. The molecule has 2 aromatic rings. The summed E-state index contributed by atoms with van der Waals surface area (Å²) in [5, 5.41) is 7.62. The summed E-state index contributed by atoms with van der Waals surface area (Å²) in [6.45, 7) is 4.42. The second kappa shape index (κ2) is 8.73. The molecule has 0 aliphatic carbocycles. The maximum atomic E-state index is 13.3. The lowest BCUT2D eigenvalue weighted by Crippen LogP contribution is -2.37. The van der Waals surface area contributed by atoms with Crippen LogP contribution in [0.15, 0.2) is 30.5 Å². The number of carbonyl (C=O) groups excluding carboxylic acids is 1. The Morgan fingerprint density at radius 2 is 1.97 bits per heavy atom. The fourth-order valence-corrected chi connectivity index (χ4v) is 3.99. The van der Waals surface area contributed by atoms with Gasteiger partial charge in [-0.25, -0.2) is 4.68 Å². The van der Waals surface area contributed by atoms with Gasteiger partial charge in [-0.15, -0.1) is 5.10 Å². The van der Waals surface area contributed by atoms with Crippen molar-refractivity contribution < 1.29 is 22.7 Å². The van der Waals surface area contributed by atoms with Crippen molar-refractivity contribution in [3.8, 4) is 5.69 Å². The molecule has 2 aliphatic rings. The third kappa shape index (κ3) is 4.65. The quantitative estimate of drug-likeness (QED) is 0.757. The Kier molecular flexibility index (Phi) is 6.05. The van der Waals surface area contributed by atoms with Gasteiger partial charge in [0.1, 0.15) is 0 Å². The number of ether oxygens (including phenoxy) is 1. The van der Waals surface area contributed by atoms with E-state index < -0.39 is 11.7 Å². The van der Waals surface area contributed by atoms with Crippen LogP contribution in [-0.2, 0) is 10.9 Å². The Morgan fingerprint density at radius 1 is 1.13 bits per heavy atom. The summed E-state index contributed by atoms with van der Waals surface area (Å²) < 4.78 is 46.5. The largest absolute Gasteiger partial charge is 0.418 e. The van der Waals surface area contributed by atoms with E-state index in [9.17, 15) is 18.0 Å². The third-order valence-corrected chi connectivity index (χ3v) is 5.53. The van der Waals surface area contributed by atoms with Crippen molar-refractivity contribution in [3.63, 3.8) is 0 Å². The van der Waals surface area contributed by atoms with Crippen molar-refractivity contribution >= 4 is 5.91 Å². The lowest BCUT2D eigenvalue weighted by Gasteiger charge is -2.23. The predicted octanol–water partition coefficient (Wildman–Crippen LogP) is 2.61.